The summed E-state index contributed by atoms with van der Waals surface area (Å²) in [4.78, 5) is 23.0. The van der Waals surface area contributed by atoms with Crippen LogP contribution < -0.4 is 10.6 Å². The van der Waals surface area contributed by atoms with E-state index in [-0.39, 0.29) is 30.0 Å². The molecule has 0 fully saturated rings. The van der Waals surface area contributed by atoms with Gasteiger partial charge in [-0.2, -0.15) is 0 Å². The summed E-state index contributed by atoms with van der Waals surface area (Å²) in [6.45, 7) is 4.36. The Morgan fingerprint density at radius 3 is 2.83 bits per heavy atom. The highest BCUT2D eigenvalue weighted by Crippen LogP contribution is 1.99. The number of hydrogen-bond acceptors (Lipinski definition) is 3. The van der Waals surface area contributed by atoms with Crippen LogP contribution in [0.25, 0.3) is 0 Å². The highest BCUT2D eigenvalue weighted by molar-refractivity contribution is 5.91. The standard InChI is InChI=1S/C13H20N2O3/c1-3-5-10(2)15-12(16)7-8-14-13(17)11-6-4-9-18-11/h4,6,9-10H,3,5,7-8H2,1-2H3,(H,14,17)(H,15,16). The van der Waals surface area contributed by atoms with Crippen LogP contribution >= 0.6 is 0 Å². The normalized spacial score (nSPS) is 11.9. The number of amides is 2. The molecule has 2 amide bonds. The molecule has 0 aliphatic rings. The van der Waals surface area contributed by atoms with Gasteiger partial charge in [-0.25, -0.2) is 0 Å². The van der Waals surface area contributed by atoms with Crippen LogP contribution in [-0.4, -0.2) is 24.4 Å². The van der Waals surface area contributed by atoms with Gasteiger partial charge >= 0.3 is 0 Å². The monoisotopic (exact) mass is 252 g/mol. The van der Waals surface area contributed by atoms with E-state index in [1.807, 2.05) is 6.92 Å². The molecule has 1 aromatic rings. The fourth-order valence-electron chi connectivity index (χ4n) is 1.64. The minimum atomic E-state index is -0.297. The molecule has 2 N–H and O–H groups in total. The fraction of sp³-hybridized carbons (Fsp3) is 0.538. The van der Waals surface area contributed by atoms with E-state index in [0.717, 1.165) is 12.8 Å². The summed E-state index contributed by atoms with van der Waals surface area (Å²) in [7, 11) is 0. The zero-order chi connectivity index (χ0) is 13.4. The molecule has 0 spiro atoms. The summed E-state index contributed by atoms with van der Waals surface area (Å²) in [6.07, 6.45) is 3.72. The molecular formula is C13H20N2O3. The summed E-state index contributed by atoms with van der Waals surface area (Å²) in [6, 6.07) is 3.41. The molecule has 18 heavy (non-hydrogen) atoms. The first-order valence-electron chi connectivity index (χ1n) is 6.24. The van der Waals surface area contributed by atoms with E-state index in [0.29, 0.717) is 6.54 Å². The molecule has 0 radical (unpaired) electrons. The Morgan fingerprint density at radius 1 is 1.44 bits per heavy atom. The zero-order valence-corrected chi connectivity index (χ0v) is 10.9. The predicted octanol–water partition coefficient (Wildman–Crippen LogP) is 1.70. The van der Waals surface area contributed by atoms with Gasteiger partial charge in [0, 0.05) is 19.0 Å². The Labute approximate surface area is 107 Å². The van der Waals surface area contributed by atoms with E-state index in [1.54, 1.807) is 12.1 Å². The van der Waals surface area contributed by atoms with Gasteiger partial charge < -0.3 is 15.1 Å². The molecule has 1 heterocycles. The van der Waals surface area contributed by atoms with Gasteiger partial charge in [-0.05, 0) is 25.5 Å². The van der Waals surface area contributed by atoms with E-state index >= 15 is 0 Å². The molecule has 0 aliphatic carbocycles. The molecule has 0 aliphatic heterocycles. The van der Waals surface area contributed by atoms with Gasteiger partial charge in [0.1, 0.15) is 0 Å². The van der Waals surface area contributed by atoms with Gasteiger partial charge in [-0.3, -0.25) is 9.59 Å². The van der Waals surface area contributed by atoms with Gasteiger partial charge in [-0.1, -0.05) is 13.3 Å². The van der Waals surface area contributed by atoms with Crippen molar-refractivity contribution >= 4 is 11.8 Å². The number of rotatable bonds is 7. The Bertz CT molecular complexity index is 374. The lowest BCUT2D eigenvalue weighted by molar-refractivity contribution is -0.121. The maximum atomic E-state index is 11.5. The van der Waals surface area contributed by atoms with Crippen molar-refractivity contribution in [1.29, 1.82) is 0 Å². The third kappa shape index (κ3) is 5.03. The van der Waals surface area contributed by atoms with Crippen LogP contribution in [0.3, 0.4) is 0 Å². The topological polar surface area (TPSA) is 71.3 Å². The second-order valence-electron chi connectivity index (χ2n) is 4.24. The number of carbonyl (C=O) groups excluding carboxylic acids is 2. The van der Waals surface area contributed by atoms with Crippen LogP contribution in [0.2, 0.25) is 0 Å². The first kappa shape index (κ1) is 14.3. The molecule has 1 rings (SSSR count). The highest BCUT2D eigenvalue weighted by atomic mass is 16.3. The zero-order valence-electron chi connectivity index (χ0n) is 10.9. The van der Waals surface area contributed by atoms with Crippen molar-refractivity contribution in [1.82, 2.24) is 10.6 Å². The molecule has 0 aromatic carbocycles. The number of nitrogens with one attached hydrogen (secondary N) is 2. The van der Waals surface area contributed by atoms with Gasteiger partial charge in [-0.15, -0.1) is 0 Å². The molecule has 100 valence electrons. The summed E-state index contributed by atoms with van der Waals surface area (Å²) in [5.41, 5.74) is 0. The number of furan rings is 1. The Kier molecular flexibility index (Phi) is 5.97. The lowest BCUT2D eigenvalue weighted by Gasteiger charge is -2.12. The van der Waals surface area contributed by atoms with E-state index < -0.39 is 0 Å². The average molecular weight is 252 g/mol. The minimum Gasteiger partial charge on any atom is -0.459 e. The van der Waals surface area contributed by atoms with Crippen LogP contribution in [0.15, 0.2) is 22.8 Å². The SMILES string of the molecule is CCCC(C)NC(=O)CCNC(=O)c1ccco1. The lowest BCUT2D eigenvalue weighted by atomic mass is 10.2. The second kappa shape index (κ2) is 7.53. The number of hydrogen-bond donors (Lipinski definition) is 2. The van der Waals surface area contributed by atoms with Crippen molar-refractivity contribution in [2.45, 2.75) is 39.2 Å². The van der Waals surface area contributed by atoms with Crippen LogP contribution in [0.1, 0.15) is 43.7 Å². The summed E-state index contributed by atoms with van der Waals surface area (Å²) in [5, 5.41) is 5.50. The lowest BCUT2D eigenvalue weighted by Crippen LogP contribution is -2.35. The Balaban J connectivity index is 2.17. The van der Waals surface area contributed by atoms with Crippen LogP contribution in [0.4, 0.5) is 0 Å². The Morgan fingerprint density at radius 2 is 2.22 bits per heavy atom. The first-order valence-corrected chi connectivity index (χ1v) is 6.24. The fourth-order valence-corrected chi connectivity index (χ4v) is 1.64. The van der Waals surface area contributed by atoms with Crippen LogP contribution in [-0.2, 0) is 4.79 Å². The molecule has 5 nitrogen and oxygen atoms in total. The highest BCUT2D eigenvalue weighted by Gasteiger charge is 2.09. The van der Waals surface area contributed by atoms with Crippen molar-refractivity contribution in [3.63, 3.8) is 0 Å². The molecule has 1 atom stereocenters. The maximum absolute atomic E-state index is 11.5. The van der Waals surface area contributed by atoms with E-state index in [2.05, 4.69) is 17.6 Å². The third-order valence-electron chi connectivity index (χ3n) is 2.51. The van der Waals surface area contributed by atoms with Crippen LogP contribution in [0.5, 0.6) is 0 Å². The Hall–Kier alpha value is -1.78. The summed E-state index contributed by atoms with van der Waals surface area (Å²) >= 11 is 0. The van der Waals surface area contributed by atoms with Gasteiger partial charge in [0.25, 0.3) is 5.91 Å². The van der Waals surface area contributed by atoms with E-state index in [9.17, 15) is 9.59 Å². The van der Waals surface area contributed by atoms with Gasteiger partial charge in [0.2, 0.25) is 5.91 Å². The maximum Gasteiger partial charge on any atom is 0.286 e. The predicted molar refractivity (Wildman–Crippen MR) is 68.2 cm³/mol. The van der Waals surface area contributed by atoms with E-state index in [1.165, 1.54) is 6.26 Å². The second-order valence-corrected chi connectivity index (χ2v) is 4.24. The van der Waals surface area contributed by atoms with Crippen molar-refractivity contribution in [2.75, 3.05) is 6.54 Å². The summed E-state index contributed by atoms with van der Waals surface area (Å²) < 4.78 is 4.94. The van der Waals surface area contributed by atoms with Crippen LogP contribution in [0, 0.1) is 0 Å². The molecular weight excluding hydrogens is 232 g/mol. The van der Waals surface area contributed by atoms with Gasteiger partial charge in [0.05, 0.1) is 6.26 Å². The van der Waals surface area contributed by atoms with Crippen molar-refractivity contribution in [2.24, 2.45) is 0 Å². The van der Waals surface area contributed by atoms with Crippen molar-refractivity contribution in [3.05, 3.63) is 24.2 Å². The molecule has 0 saturated carbocycles. The number of carbonyl (C=O) groups is 2. The molecule has 1 unspecified atom stereocenters. The molecule has 1 aromatic heterocycles. The molecule has 5 heteroatoms. The smallest absolute Gasteiger partial charge is 0.286 e. The quantitative estimate of drug-likeness (QED) is 0.776. The first-order chi connectivity index (χ1) is 8.63. The third-order valence-corrected chi connectivity index (χ3v) is 2.51. The van der Waals surface area contributed by atoms with Gasteiger partial charge in [0.15, 0.2) is 5.76 Å². The molecule has 0 bridgehead atoms. The largest absolute Gasteiger partial charge is 0.459 e. The summed E-state index contributed by atoms with van der Waals surface area (Å²) in [5.74, 6) is -0.0835. The average Bonchev–Trinajstić information content (AvgIpc) is 2.82. The van der Waals surface area contributed by atoms with Crippen molar-refractivity contribution < 1.29 is 14.0 Å². The molecule has 0 saturated heterocycles. The minimum absolute atomic E-state index is 0.0457. The van der Waals surface area contributed by atoms with Crippen molar-refractivity contribution in [3.8, 4) is 0 Å². The van der Waals surface area contributed by atoms with E-state index in [4.69, 9.17) is 4.42 Å².